The summed E-state index contributed by atoms with van der Waals surface area (Å²) in [6, 6.07) is 1.77. The third-order valence-electron chi connectivity index (χ3n) is 3.03. The van der Waals surface area contributed by atoms with Crippen LogP contribution in [0, 0.1) is 5.92 Å². The third kappa shape index (κ3) is 4.94. The quantitative estimate of drug-likeness (QED) is 0.667. The Kier molecular flexibility index (Phi) is 6.16. The van der Waals surface area contributed by atoms with Crippen molar-refractivity contribution in [1.29, 1.82) is 0 Å². The van der Waals surface area contributed by atoms with Crippen molar-refractivity contribution in [2.45, 2.75) is 39.2 Å². The molecule has 0 saturated heterocycles. The Morgan fingerprint density at radius 1 is 1.60 bits per heavy atom. The minimum atomic E-state index is -0.599. The van der Waals surface area contributed by atoms with Gasteiger partial charge in [-0.25, -0.2) is 0 Å². The molecule has 114 valence electrons. The first-order valence-corrected chi connectivity index (χ1v) is 6.87. The van der Waals surface area contributed by atoms with Crippen LogP contribution >= 0.6 is 0 Å². The SMILES string of the molecule is COCC(C)(CCO)NC(=O)c1cc(CC(C)C)[nH]n1. The Morgan fingerprint density at radius 2 is 2.30 bits per heavy atom. The number of ether oxygens (including phenoxy) is 1. The third-order valence-corrected chi connectivity index (χ3v) is 3.03. The van der Waals surface area contributed by atoms with Crippen LogP contribution in [0.2, 0.25) is 0 Å². The van der Waals surface area contributed by atoms with E-state index in [1.54, 1.807) is 13.2 Å². The smallest absolute Gasteiger partial charge is 0.272 e. The maximum absolute atomic E-state index is 12.2. The summed E-state index contributed by atoms with van der Waals surface area (Å²) < 4.78 is 5.10. The number of hydrogen-bond acceptors (Lipinski definition) is 4. The van der Waals surface area contributed by atoms with Gasteiger partial charge in [-0.2, -0.15) is 5.10 Å². The van der Waals surface area contributed by atoms with E-state index in [-0.39, 0.29) is 12.5 Å². The highest BCUT2D eigenvalue weighted by atomic mass is 16.5. The van der Waals surface area contributed by atoms with Crippen molar-refractivity contribution in [3.8, 4) is 0 Å². The number of carbonyl (C=O) groups is 1. The molecule has 0 aliphatic rings. The molecule has 0 spiro atoms. The first kappa shape index (κ1) is 16.7. The Labute approximate surface area is 119 Å². The molecule has 1 amide bonds. The summed E-state index contributed by atoms with van der Waals surface area (Å²) in [7, 11) is 1.57. The fourth-order valence-electron chi connectivity index (χ4n) is 2.10. The molecule has 0 fully saturated rings. The predicted octanol–water partition coefficient (Wildman–Crippen LogP) is 1.13. The van der Waals surface area contributed by atoms with Gasteiger partial charge in [0.2, 0.25) is 0 Å². The number of nitrogens with one attached hydrogen (secondary N) is 2. The average molecular weight is 283 g/mol. The number of hydrogen-bond donors (Lipinski definition) is 3. The fourth-order valence-corrected chi connectivity index (χ4v) is 2.10. The van der Waals surface area contributed by atoms with E-state index in [1.807, 2.05) is 6.92 Å². The van der Waals surface area contributed by atoms with Crippen molar-refractivity contribution in [1.82, 2.24) is 15.5 Å². The molecule has 1 aromatic rings. The number of aromatic nitrogens is 2. The van der Waals surface area contributed by atoms with Crippen molar-refractivity contribution in [2.24, 2.45) is 5.92 Å². The molecule has 1 heterocycles. The van der Waals surface area contributed by atoms with E-state index in [9.17, 15) is 4.79 Å². The van der Waals surface area contributed by atoms with Crippen molar-refractivity contribution >= 4 is 5.91 Å². The van der Waals surface area contributed by atoms with Gasteiger partial charge >= 0.3 is 0 Å². The number of amides is 1. The van der Waals surface area contributed by atoms with E-state index in [0.29, 0.717) is 24.6 Å². The average Bonchev–Trinajstić information content (AvgIpc) is 2.76. The van der Waals surface area contributed by atoms with E-state index < -0.39 is 5.54 Å². The summed E-state index contributed by atoms with van der Waals surface area (Å²) in [6.45, 7) is 6.38. The summed E-state index contributed by atoms with van der Waals surface area (Å²) >= 11 is 0. The van der Waals surface area contributed by atoms with E-state index in [0.717, 1.165) is 12.1 Å². The number of nitrogens with zero attached hydrogens (tertiary/aromatic N) is 1. The van der Waals surface area contributed by atoms with Crippen LogP contribution < -0.4 is 5.32 Å². The molecule has 1 unspecified atom stereocenters. The number of methoxy groups -OCH3 is 1. The molecular weight excluding hydrogens is 258 g/mol. The summed E-state index contributed by atoms with van der Waals surface area (Å²) in [4.78, 5) is 12.2. The van der Waals surface area contributed by atoms with Crippen LogP contribution in [0.1, 0.15) is 43.4 Å². The summed E-state index contributed by atoms with van der Waals surface area (Å²) in [5, 5.41) is 18.9. The minimum Gasteiger partial charge on any atom is -0.396 e. The Balaban J connectivity index is 2.71. The number of rotatable bonds is 8. The van der Waals surface area contributed by atoms with Crippen LogP contribution in [-0.2, 0) is 11.2 Å². The molecule has 0 bridgehead atoms. The van der Waals surface area contributed by atoms with Crippen LogP contribution in [0.25, 0.3) is 0 Å². The number of aliphatic hydroxyl groups is 1. The molecule has 0 aromatic carbocycles. The largest absolute Gasteiger partial charge is 0.396 e. The minimum absolute atomic E-state index is 0.0146. The number of carbonyl (C=O) groups excluding carboxylic acids is 1. The van der Waals surface area contributed by atoms with Crippen molar-refractivity contribution in [3.63, 3.8) is 0 Å². The topological polar surface area (TPSA) is 87.2 Å². The van der Waals surface area contributed by atoms with Gasteiger partial charge in [0.25, 0.3) is 5.91 Å². The Morgan fingerprint density at radius 3 is 2.85 bits per heavy atom. The van der Waals surface area contributed by atoms with Crippen LogP contribution in [0.5, 0.6) is 0 Å². The molecule has 0 saturated carbocycles. The van der Waals surface area contributed by atoms with Crippen LogP contribution in [0.4, 0.5) is 0 Å². The van der Waals surface area contributed by atoms with Gasteiger partial charge in [-0.15, -0.1) is 0 Å². The van der Waals surface area contributed by atoms with Crippen molar-refractivity contribution in [3.05, 3.63) is 17.5 Å². The molecule has 6 nitrogen and oxygen atoms in total. The predicted molar refractivity (Wildman–Crippen MR) is 76.6 cm³/mol. The zero-order valence-electron chi connectivity index (χ0n) is 12.7. The summed E-state index contributed by atoms with van der Waals surface area (Å²) in [5.41, 5.74) is 0.708. The zero-order chi connectivity index (χ0) is 15.2. The molecule has 1 atom stereocenters. The van der Waals surface area contributed by atoms with Gasteiger partial charge in [0.15, 0.2) is 0 Å². The van der Waals surface area contributed by atoms with Crippen LogP contribution in [0.15, 0.2) is 6.07 Å². The van der Waals surface area contributed by atoms with Crippen LogP contribution in [0.3, 0.4) is 0 Å². The van der Waals surface area contributed by atoms with Crippen molar-refractivity contribution in [2.75, 3.05) is 20.3 Å². The lowest BCUT2D eigenvalue weighted by Crippen LogP contribution is -2.50. The van der Waals surface area contributed by atoms with Gasteiger partial charge in [-0.05, 0) is 31.7 Å². The van der Waals surface area contributed by atoms with Gasteiger partial charge in [0.05, 0.1) is 12.1 Å². The maximum atomic E-state index is 12.2. The first-order valence-electron chi connectivity index (χ1n) is 6.87. The maximum Gasteiger partial charge on any atom is 0.272 e. The van der Waals surface area contributed by atoms with E-state index in [4.69, 9.17) is 9.84 Å². The highest BCUT2D eigenvalue weighted by Gasteiger charge is 2.27. The highest BCUT2D eigenvalue weighted by Crippen LogP contribution is 2.12. The molecule has 0 radical (unpaired) electrons. The number of aliphatic hydroxyl groups excluding tert-OH is 1. The molecule has 1 rings (SSSR count). The zero-order valence-corrected chi connectivity index (χ0v) is 12.7. The second-order valence-corrected chi connectivity index (χ2v) is 5.80. The van der Waals surface area contributed by atoms with Gasteiger partial charge in [-0.3, -0.25) is 9.89 Å². The Bertz CT molecular complexity index is 423. The second kappa shape index (κ2) is 7.40. The lowest BCUT2D eigenvalue weighted by Gasteiger charge is -2.29. The standard InChI is InChI=1S/C14H25N3O3/c1-10(2)7-11-8-12(17-16-11)13(19)15-14(3,5-6-18)9-20-4/h8,10,18H,5-7,9H2,1-4H3,(H,15,19)(H,16,17). The monoisotopic (exact) mass is 283 g/mol. The van der Waals surface area contributed by atoms with Crippen molar-refractivity contribution < 1.29 is 14.6 Å². The van der Waals surface area contributed by atoms with Crippen LogP contribution in [-0.4, -0.2) is 47.1 Å². The lowest BCUT2D eigenvalue weighted by atomic mass is 9.99. The Hall–Kier alpha value is -1.40. The van der Waals surface area contributed by atoms with E-state index >= 15 is 0 Å². The van der Waals surface area contributed by atoms with Gasteiger partial charge in [0, 0.05) is 19.4 Å². The fraction of sp³-hybridized carbons (Fsp3) is 0.714. The highest BCUT2D eigenvalue weighted by molar-refractivity contribution is 5.92. The normalized spacial score (nSPS) is 14.3. The molecule has 3 N–H and O–H groups in total. The van der Waals surface area contributed by atoms with Gasteiger partial charge < -0.3 is 15.2 Å². The molecular formula is C14H25N3O3. The number of aromatic amines is 1. The molecule has 1 aromatic heterocycles. The first-order chi connectivity index (χ1) is 9.40. The molecule has 0 aliphatic heterocycles. The lowest BCUT2D eigenvalue weighted by molar-refractivity contribution is 0.0721. The molecule has 0 aliphatic carbocycles. The summed E-state index contributed by atoms with van der Waals surface area (Å²) in [6.07, 6.45) is 1.28. The van der Waals surface area contributed by atoms with Gasteiger partial charge in [0.1, 0.15) is 5.69 Å². The van der Waals surface area contributed by atoms with Gasteiger partial charge in [-0.1, -0.05) is 13.8 Å². The second-order valence-electron chi connectivity index (χ2n) is 5.80. The number of H-pyrrole nitrogens is 1. The molecule has 6 heteroatoms. The van der Waals surface area contributed by atoms with E-state index in [1.165, 1.54) is 0 Å². The van der Waals surface area contributed by atoms with E-state index in [2.05, 4.69) is 29.4 Å². The summed E-state index contributed by atoms with van der Waals surface area (Å²) in [5.74, 6) is 0.240. The molecule has 20 heavy (non-hydrogen) atoms.